The molecule has 1 saturated heterocycles. The molecule has 0 spiro atoms. The molecule has 0 aromatic carbocycles. The average Bonchev–Trinajstić information content (AvgIpc) is 2.97. The Hall–Kier alpha value is -1.40. The van der Waals surface area contributed by atoms with Crippen LogP contribution in [0.3, 0.4) is 0 Å². The number of fused-ring (bicyclic) bond motifs is 1. The minimum absolute atomic E-state index is 0.0698. The first-order valence-corrected chi connectivity index (χ1v) is 10.4. The first-order chi connectivity index (χ1) is 12.2. The van der Waals surface area contributed by atoms with E-state index in [4.69, 9.17) is 0 Å². The highest BCUT2D eigenvalue weighted by molar-refractivity contribution is 7.14. The second kappa shape index (κ2) is 8.81. The lowest BCUT2D eigenvalue weighted by molar-refractivity contribution is -0.122. The lowest BCUT2D eigenvalue weighted by Crippen LogP contribution is -2.51. The molecule has 1 aliphatic carbocycles. The number of nitrogens with zero attached hydrogens (tertiary/aromatic N) is 2. The van der Waals surface area contributed by atoms with Crippen LogP contribution in [0, 0.1) is 0 Å². The summed E-state index contributed by atoms with van der Waals surface area (Å²) in [6, 6.07) is 2.15. The van der Waals surface area contributed by atoms with Crippen molar-refractivity contribution in [1.82, 2.24) is 15.1 Å². The van der Waals surface area contributed by atoms with Gasteiger partial charge in [-0.3, -0.25) is 14.5 Å². The van der Waals surface area contributed by atoms with Gasteiger partial charge in [-0.25, -0.2) is 0 Å². The fourth-order valence-corrected chi connectivity index (χ4v) is 4.89. The molecule has 3 rings (SSSR count). The Morgan fingerprint density at radius 2 is 1.80 bits per heavy atom. The number of hydrogen-bond acceptors (Lipinski definition) is 4. The van der Waals surface area contributed by atoms with Gasteiger partial charge in [0.05, 0.1) is 11.4 Å². The van der Waals surface area contributed by atoms with E-state index in [0.717, 1.165) is 30.8 Å². The van der Waals surface area contributed by atoms with Gasteiger partial charge in [-0.2, -0.15) is 0 Å². The van der Waals surface area contributed by atoms with E-state index in [2.05, 4.69) is 16.3 Å². The fraction of sp³-hybridized carbons (Fsp3) is 0.684. The molecule has 5 nitrogen and oxygen atoms in total. The van der Waals surface area contributed by atoms with Crippen molar-refractivity contribution in [3.8, 4) is 0 Å². The maximum atomic E-state index is 12.9. The highest BCUT2D eigenvalue weighted by atomic mass is 32.1. The van der Waals surface area contributed by atoms with Crippen molar-refractivity contribution in [2.24, 2.45) is 0 Å². The van der Waals surface area contributed by atoms with Crippen LogP contribution in [0.1, 0.15) is 52.7 Å². The summed E-state index contributed by atoms with van der Waals surface area (Å²) < 4.78 is 0. The van der Waals surface area contributed by atoms with Gasteiger partial charge in [0.25, 0.3) is 5.91 Å². The Balaban J connectivity index is 1.56. The third kappa shape index (κ3) is 4.82. The molecular formula is C19H29N3O2S. The molecule has 1 N–H and O–H groups in total. The monoisotopic (exact) mass is 363 g/mol. The van der Waals surface area contributed by atoms with Crippen LogP contribution in [0.4, 0.5) is 0 Å². The molecule has 2 amide bonds. The zero-order valence-corrected chi connectivity index (χ0v) is 16.0. The molecule has 0 radical (unpaired) electrons. The van der Waals surface area contributed by atoms with Crippen molar-refractivity contribution in [3.63, 3.8) is 0 Å². The van der Waals surface area contributed by atoms with Crippen LogP contribution < -0.4 is 5.32 Å². The smallest absolute Gasteiger partial charge is 0.264 e. The Morgan fingerprint density at radius 3 is 2.52 bits per heavy atom. The minimum atomic E-state index is 0.0698. The van der Waals surface area contributed by atoms with Crippen LogP contribution in [0.25, 0.3) is 0 Å². The van der Waals surface area contributed by atoms with Crippen LogP contribution in [-0.4, -0.2) is 60.9 Å². The van der Waals surface area contributed by atoms with Crippen molar-refractivity contribution in [2.75, 3.05) is 39.3 Å². The van der Waals surface area contributed by atoms with E-state index < -0.39 is 0 Å². The van der Waals surface area contributed by atoms with E-state index in [-0.39, 0.29) is 11.8 Å². The summed E-state index contributed by atoms with van der Waals surface area (Å²) >= 11 is 1.71. The van der Waals surface area contributed by atoms with Gasteiger partial charge in [-0.05, 0) is 44.2 Å². The van der Waals surface area contributed by atoms with Gasteiger partial charge in [0.2, 0.25) is 5.91 Å². The van der Waals surface area contributed by atoms with Gasteiger partial charge in [-0.15, -0.1) is 11.3 Å². The van der Waals surface area contributed by atoms with Gasteiger partial charge < -0.3 is 10.2 Å². The number of carbonyl (C=O) groups excluding carboxylic acids is 2. The molecule has 0 bridgehead atoms. The third-order valence-electron chi connectivity index (χ3n) is 5.11. The summed E-state index contributed by atoms with van der Waals surface area (Å²) in [5, 5.41) is 2.83. The minimum Gasteiger partial charge on any atom is -0.355 e. The van der Waals surface area contributed by atoms with Crippen molar-refractivity contribution < 1.29 is 9.59 Å². The van der Waals surface area contributed by atoms with E-state index in [1.807, 2.05) is 11.8 Å². The molecule has 138 valence electrons. The van der Waals surface area contributed by atoms with Crippen molar-refractivity contribution in [3.05, 3.63) is 21.4 Å². The highest BCUT2D eigenvalue weighted by Crippen LogP contribution is 2.29. The van der Waals surface area contributed by atoms with Gasteiger partial charge in [-0.1, -0.05) is 12.8 Å². The Morgan fingerprint density at radius 1 is 1.08 bits per heavy atom. The van der Waals surface area contributed by atoms with E-state index in [1.165, 1.54) is 36.1 Å². The summed E-state index contributed by atoms with van der Waals surface area (Å²) in [6.07, 6.45) is 7.38. The molecule has 1 aromatic heterocycles. The third-order valence-corrected chi connectivity index (χ3v) is 6.33. The summed E-state index contributed by atoms with van der Waals surface area (Å²) in [6.45, 7) is 5.99. The molecule has 25 heavy (non-hydrogen) atoms. The molecule has 0 unspecified atom stereocenters. The topological polar surface area (TPSA) is 52.7 Å². The first-order valence-electron chi connectivity index (χ1n) is 9.57. The Bertz CT molecular complexity index is 580. The lowest BCUT2D eigenvalue weighted by atomic mass is 10.00. The Kier molecular flexibility index (Phi) is 6.48. The maximum Gasteiger partial charge on any atom is 0.264 e. The molecule has 1 aromatic rings. The standard InChI is InChI=1S/C19H29N3O2S/c1-2-20-18(23)14-21-9-11-22(12-10-21)19(24)17-13-15-7-5-3-4-6-8-16(15)25-17/h13H,2-12,14H2,1H3,(H,20,23). The molecule has 0 saturated carbocycles. The number of piperazine rings is 1. The van der Waals surface area contributed by atoms with Gasteiger partial charge in [0, 0.05) is 37.6 Å². The number of thiophene rings is 1. The van der Waals surface area contributed by atoms with Crippen LogP contribution in [0.2, 0.25) is 0 Å². The molecule has 2 heterocycles. The van der Waals surface area contributed by atoms with Crippen LogP contribution in [0.15, 0.2) is 6.07 Å². The highest BCUT2D eigenvalue weighted by Gasteiger charge is 2.25. The van der Waals surface area contributed by atoms with Crippen LogP contribution >= 0.6 is 11.3 Å². The fourth-order valence-electron chi connectivity index (χ4n) is 3.67. The number of aryl methyl sites for hydroxylation is 2. The largest absolute Gasteiger partial charge is 0.355 e. The number of amides is 2. The zero-order valence-electron chi connectivity index (χ0n) is 15.2. The molecule has 1 fully saturated rings. The SMILES string of the molecule is CCNC(=O)CN1CCN(C(=O)c2cc3c(s2)CCCCCC3)CC1. The van der Waals surface area contributed by atoms with Crippen LogP contribution in [0.5, 0.6) is 0 Å². The number of likely N-dealkylation sites (N-methyl/N-ethyl adjacent to an activating group) is 1. The number of nitrogens with one attached hydrogen (secondary N) is 1. The molecule has 0 atom stereocenters. The van der Waals surface area contributed by atoms with Gasteiger partial charge >= 0.3 is 0 Å². The van der Waals surface area contributed by atoms with E-state index in [9.17, 15) is 9.59 Å². The number of carbonyl (C=O) groups is 2. The first kappa shape index (κ1) is 18.4. The molecule has 1 aliphatic heterocycles. The normalized spacial score (nSPS) is 19.0. The molecule has 6 heteroatoms. The van der Waals surface area contributed by atoms with Crippen molar-refractivity contribution in [1.29, 1.82) is 0 Å². The second-order valence-electron chi connectivity index (χ2n) is 7.00. The molecular weight excluding hydrogens is 334 g/mol. The summed E-state index contributed by atoms with van der Waals surface area (Å²) in [5.41, 5.74) is 1.41. The summed E-state index contributed by atoms with van der Waals surface area (Å²) in [7, 11) is 0. The quantitative estimate of drug-likeness (QED) is 0.893. The number of rotatable bonds is 4. The van der Waals surface area contributed by atoms with Crippen LogP contribution in [-0.2, 0) is 17.6 Å². The number of hydrogen-bond donors (Lipinski definition) is 1. The predicted octanol–water partition coefficient (Wildman–Crippen LogP) is 2.30. The molecule has 2 aliphatic rings. The van der Waals surface area contributed by atoms with Crippen molar-refractivity contribution >= 4 is 23.2 Å². The van der Waals surface area contributed by atoms with E-state index >= 15 is 0 Å². The van der Waals surface area contributed by atoms with E-state index in [0.29, 0.717) is 26.2 Å². The second-order valence-corrected chi connectivity index (χ2v) is 8.13. The van der Waals surface area contributed by atoms with Gasteiger partial charge in [0.1, 0.15) is 0 Å². The van der Waals surface area contributed by atoms with Crippen molar-refractivity contribution in [2.45, 2.75) is 45.4 Å². The predicted molar refractivity (Wildman–Crippen MR) is 101 cm³/mol. The average molecular weight is 364 g/mol. The maximum absolute atomic E-state index is 12.9. The summed E-state index contributed by atoms with van der Waals surface area (Å²) in [5.74, 6) is 0.245. The van der Waals surface area contributed by atoms with Gasteiger partial charge in [0.15, 0.2) is 0 Å². The van der Waals surface area contributed by atoms with E-state index in [1.54, 1.807) is 11.3 Å². The Labute approximate surface area is 154 Å². The lowest BCUT2D eigenvalue weighted by Gasteiger charge is -2.34. The summed E-state index contributed by atoms with van der Waals surface area (Å²) in [4.78, 5) is 31.0. The zero-order chi connectivity index (χ0) is 17.6.